The molecule has 45 heavy (non-hydrogen) atoms. The number of hydrogen-bond donors (Lipinski definition) is 4. The molecule has 3 unspecified atom stereocenters. The number of carbonyl (C=O) groups excluding carboxylic acids is 1. The quantitative estimate of drug-likeness (QED) is 0.0308. The van der Waals surface area contributed by atoms with E-state index in [1.54, 1.807) is 0 Å². The molecule has 0 bridgehead atoms. The van der Waals surface area contributed by atoms with Gasteiger partial charge in [-0.1, -0.05) is 141 Å². The SMILES string of the molecule is CCCCC/C=C\C/C=C\CCCCCCCCCC(=O)NC(COP(=O)(O)OCCN)C(O)CCCCCCCCCCC. The number of amides is 1. The third-order valence-corrected chi connectivity index (χ3v) is 9.04. The van der Waals surface area contributed by atoms with Crippen LogP contribution in [-0.2, 0) is 18.4 Å². The van der Waals surface area contributed by atoms with Gasteiger partial charge in [0.2, 0.25) is 5.91 Å². The fourth-order valence-corrected chi connectivity index (χ4v) is 5.98. The predicted molar refractivity (Wildman–Crippen MR) is 189 cm³/mol. The van der Waals surface area contributed by atoms with Crippen molar-refractivity contribution >= 4 is 13.7 Å². The van der Waals surface area contributed by atoms with E-state index in [1.165, 1.54) is 89.9 Å². The molecule has 0 aromatic rings. The van der Waals surface area contributed by atoms with Crippen LogP contribution in [0.1, 0.15) is 168 Å². The van der Waals surface area contributed by atoms with Crippen LogP contribution in [0.3, 0.4) is 0 Å². The van der Waals surface area contributed by atoms with E-state index in [-0.39, 0.29) is 25.7 Å². The predicted octanol–water partition coefficient (Wildman–Crippen LogP) is 9.44. The minimum atomic E-state index is -4.30. The highest BCUT2D eigenvalue weighted by atomic mass is 31.2. The summed E-state index contributed by atoms with van der Waals surface area (Å²) in [7, 11) is -4.30. The van der Waals surface area contributed by atoms with Gasteiger partial charge in [0, 0.05) is 13.0 Å². The second-order valence-electron chi connectivity index (χ2n) is 12.4. The number of carbonyl (C=O) groups is 1. The van der Waals surface area contributed by atoms with Crippen LogP contribution in [-0.4, -0.2) is 47.8 Å². The smallest absolute Gasteiger partial charge is 0.391 e. The third kappa shape index (κ3) is 31.4. The Morgan fingerprint density at radius 3 is 1.80 bits per heavy atom. The zero-order valence-corrected chi connectivity index (χ0v) is 30.0. The molecule has 0 aliphatic carbocycles. The number of aliphatic hydroxyl groups is 1. The number of phosphoric ester groups is 1. The summed E-state index contributed by atoms with van der Waals surface area (Å²) in [5.74, 6) is -0.173. The number of rotatable bonds is 34. The Morgan fingerprint density at radius 2 is 1.22 bits per heavy atom. The first-order valence-corrected chi connectivity index (χ1v) is 19.9. The van der Waals surface area contributed by atoms with E-state index in [1.807, 2.05) is 0 Å². The Balaban J connectivity index is 4.21. The molecule has 0 spiro atoms. The Kier molecular flexibility index (Phi) is 32.2. The van der Waals surface area contributed by atoms with E-state index in [9.17, 15) is 19.4 Å². The summed E-state index contributed by atoms with van der Waals surface area (Å²) in [6.07, 6.45) is 34.7. The van der Waals surface area contributed by atoms with E-state index in [0.29, 0.717) is 12.8 Å². The van der Waals surface area contributed by atoms with Crippen molar-refractivity contribution in [2.75, 3.05) is 19.8 Å². The second kappa shape index (κ2) is 32.9. The maximum atomic E-state index is 12.7. The van der Waals surface area contributed by atoms with Gasteiger partial charge in [0.1, 0.15) is 0 Å². The molecular formula is C36H71N2O6P. The van der Waals surface area contributed by atoms with Gasteiger partial charge >= 0.3 is 7.82 Å². The van der Waals surface area contributed by atoms with Gasteiger partial charge in [-0.2, -0.15) is 0 Å². The molecule has 0 aliphatic heterocycles. The lowest BCUT2D eigenvalue weighted by Crippen LogP contribution is -2.46. The summed E-state index contributed by atoms with van der Waals surface area (Å²) in [4.78, 5) is 22.6. The molecule has 266 valence electrons. The van der Waals surface area contributed by atoms with Crippen molar-refractivity contribution in [1.82, 2.24) is 5.32 Å². The molecular weight excluding hydrogens is 587 g/mol. The van der Waals surface area contributed by atoms with Crippen molar-refractivity contribution in [1.29, 1.82) is 0 Å². The van der Waals surface area contributed by atoms with Crippen molar-refractivity contribution < 1.29 is 28.4 Å². The molecule has 5 N–H and O–H groups in total. The third-order valence-electron chi connectivity index (χ3n) is 8.06. The summed E-state index contributed by atoms with van der Waals surface area (Å²) in [5.41, 5.74) is 5.35. The van der Waals surface area contributed by atoms with Crippen LogP contribution in [0, 0.1) is 0 Å². The molecule has 0 rings (SSSR count). The van der Waals surface area contributed by atoms with Crippen LogP contribution < -0.4 is 11.1 Å². The van der Waals surface area contributed by atoms with Crippen LogP contribution >= 0.6 is 7.82 Å². The highest BCUT2D eigenvalue weighted by Crippen LogP contribution is 2.43. The van der Waals surface area contributed by atoms with E-state index in [0.717, 1.165) is 51.4 Å². The number of hydrogen-bond acceptors (Lipinski definition) is 6. The van der Waals surface area contributed by atoms with Crippen LogP contribution in [0.25, 0.3) is 0 Å². The lowest BCUT2D eigenvalue weighted by Gasteiger charge is -2.25. The fourth-order valence-electron chi connectivity index (χ4n) is 5.22. The van der Waals surface area contributed by atoms with Gasteiger partial charge in [0.05, 0.1) is 25.4 Å². The minimum Gasteiger partial charge on any atom is -0.391 e. The second-order valence-corrected chi connectivity index (χ2v) is 13.9. The average molecular weight is 659 g/mol. The zero-order valence-electron chi connectivity index (χ0n) is 29.1. The molecule has 0 radical (unpaired) electrons. The summed E-state index contributed by atoms with van der Waals surface area (Å²) >= 11 is 0. The van der Waals surface area contributed by atoms with Crippen molar-refractivity contribution in [3.8, 4) is 0 Å². The van der Waals surface area contributed by atoms with Gasteiger partial charge in [-0.3, -0.25) is 13.8 Å². The Labute approximate surface area is 277 Å². The Bertz CT molecular complexity index is 764. The molecule has 0 saturated heterocycles. The van der Waals surface area contributed by atoms with Crippen LogP contribution in [0.15, 0.2) is 24.3 Å². The highest BCUT2D eigenvalue weighted by molar-refractivity contribution is 7.47. The number of nitrogens with two attached hydrogens (primary N) is 1. The fraction of sp³-hybridized carbons (Fsp3) is 0.861. The van der Waals surface area contributed by atoms with Crippen LogP contribution in [0.2, 0.25) is 0 Å². The van der Waals surface area contributed by atoms with Gasteiger partial charge in [-0.25, -0.2) is 4.57 Å². The Hall–Kier alpha value is -1.02. The van der Waals surface area contributed by atoms with Crippen LogP contribution in [0.4, 0.5) is 0 Å². The maximum Gasteiger partial charge on any atom is 0.472 e. The molecule has 8 nitrogen and oxygen atoms in total. The lowest BCUT2D eigenvalue weighted by atomic mass is 10.0. The minimum absolute atomic E-state index is 0.0873. The number of unbranched alkanes of at least 4 members (excludes halogenated alkanes) is 18. The number of nitrogens with one attached hydrogen (secondary N) is 1. The summed E-state index contributed by atoms with van der Waals surface area (Å²) in [5, 5.41) is 13.7. The molecule has 0 fully saturated rings. The summed E-state index contributed by atoms with van der Waals surface area (Å²) in [6, 6.07) is -0.774. The molecule has 0 saturated carbocycles. The zero-order chi connectivity index (χ0) is 33.3. The largest absolute Gasteiger partial charge is 0.472 e. The highest BCUT2D eigenvalue weighted by Gasteiger charge is 2.27. The van der Waals surface area contributed by atoms with Gasteiger partial charge in [-0.05, 0) is 44.9 Å². The van der Waals surface area contributed by atoms with Crippen molar-refractivity contribution in [2.45, 2.75) is 180 Å². The number of aliphatic hydroxyl groups excluding tert-OH is 1. The van der Waals surface area contributed by atoms with Crippen molar-refractivity contribution in [3.63, 3.8) is 0 Å². The lowest BCUT2D eigenvalue weighted by molar-refractivity contribution is -0.123. The van der Waals surface area contributed by atoms with E-state index < -0.39 is 20.0 Å². The normalized spacial score (nSPS) is 14.7. The topological polar surface area (TPSA) is 131 Å². The van der Waals surface area contributed by atoms with Gasteiger partial charge < -0.3 is 21.1 Å². The monoisotopic (exact) mass is 659 g/mol. The summed E-state index contributed by atoms with van der Waals surface area (Å²) in [6.45, 7) is 4.13. The molecule has 0 aromatic carbocycles. The standard InChI is InChI=1S/C36H71N2O6P/c1-3-5-7-9-11-13-14-15-16-17-18-19-20-22-24-26-28-30-36(40)38-34(33-44-45(41,42)43-32-31-37)35(39)29-27-25-23-21-12-10-8-6-4-2/h11,13,15-16,34-35,39H,3-10,12,14,17-33,37H2,1-2H3,(H,38,40)(H,41,42)/b13-11-,16-15-. The first kappa shape index (κ1) is 44.0. The van der Waals surface area contributed by atoms with Gasteiger partial charge in [-0.15, -0.1) is 0 Å². The van der Waals surface area contributed by atoms with Crippen molar-refractivity contribution in [2.24, 2.45) is 5.73 Å². The Morgan fingerprint density at radius 1 is 0.733 bits per heavy atom. The first-order valence-electron chi connectivity index (χ1n) is 18.5. The molecule has 1 amide bonds. The van der Waals surface area contributed by atoms with Crippen molar-refractivity contribution in [3.05, 3.63) is 24.3 Å². The average Bonchev–Trinajstić information content (AvgIpc) is 3.02. The number of phosphoric acid groups is 1. The van der Waals surface area contributed by atoms with Gasteiger partial charge in [0.15, 0.2) is 0 Å². The van der Waals surface area contributed by atoms with E-state index >= 15 is 0 Å². The molecule has 3 atom stereocenters. The van der Waals surface area contributed by atoms with E-state index in [2.05, 4.69) is 43.5 Å². The van der Waals surface area contributed by atoms with Gasteiger partial charge in [0.25, 0.3) is 0 Å². The van der Waals surface area contributed by atoms with E-state index in [4.69, 9.17) is 14.8 Å². The van der Waals surface area contributed by atoms with Crippen LogP contribution in [0.5, 0.6) is 0 Å². The molecule has 9 heteroatoms. The maximum absolute atomic E-state index is 12.7. The summed E-state index contributed by atoms with van der Waals surface area (Å²) < 4.78 is 22.0. The number of allylic oxidation sites excluding steroid dienone is 4. The molecule has 0 aromatic heterocycles. The molecule has 0 aliphatic rings. The molecule has 0 heterocycles. The first-order chi connectivity index (χ1) is 21.9.